The second-order valence-corrected chi connectivity index (χ2v) is 9.09. The summed E-state index contributed by atoms with van der Waals surface area (Å²) in [5.41, 5.74) is 5.57. The van der Waals surface area contributed by atoms with Gasteiger partial charge in [-0.1, -0.05) is 0 Å². The number of nitrogens with zero attached hydrogens (tertiary/aromatic N) is 1. The summed E-state index contributed by atoms with van der Waals surface area (Å²) >= 11 is -0.563. The van der Waals surface area contributed by atoms with Gasteiger partial charge in [-0.05, 0) is 0 Å². The molecule has 0 radical (unpaired) electrons. The fraction of sp³-hybridized carbons (Fsp3) is 0.435. The summed E-state index contributed by atoms with van der Waals surface area (Å²) in [5.74, 6) is 1.02. The molecule has 134 valence electrons. The first-order valence-corrected chi connectivity index (χ1v) is 11.3. The Labute approximate surface area is 161 Å². The first-order chi connectivity index (χ1) is 11.9. The van der Waals surface area contributed by atoms with Gasteiger partial charge in [-0.25, -0.2) is 0 Å². The van der Waals surface area contributed by atoms with Crippen molar-refractivity contribution in [1.82, 2.24) is 0 Å². The van der Waals surface area contributed by atoms with Crippen LogP contribution in [0.3, 0.4) is 0 Å². The van der Waals surface area contributed by atoms with Crippen molar-refractivity contribution in [2.75, 3.05) is 0 Å². The van der Waals surface area contributed by atoms with E-state index in [0.717, 1.165) is 6.42 Å². The van der Waals surface area contributed by atoms with Crippen LogP contribution < -0.4 is 0 Å². The summed E-state index contributed by atoms with van der Waals surface area (Å²) in [6, 6.07) is 17.5. The maximum atomic E-state index is 5.18. The summed E-state index contributed by atoms with van der Waals surface area (Å²) in [6.45, 7) is 13.7. The van der Waals surface area contributed by atoms with E-state index in [1.807, 2.05) is 0 Å². The molecule has 0 aliphatic rings. The van der Waals surface area contributed by atoms with Gasteiger partial charge >= 0.3 is 162 Å². The van der Waals surface area contributed by atoms with E-state index >= 15 is 0 Å². The van der Waals surface area contributed by atoms with Gasteiger partial charge in [-0.15, -0.1) is 0 Å². The molecule has 0 bridgehead atoms. The van der Waals surface area contributed by atoms with Gasteiger partial charge in [0.1, 0.15) is 0 Å². The second kappa shape index (κ2) is 8.95. The normalized spacial score (nSPS) is 13.6. The van der Waals surface area contributed by atoms with E-state index in [1.54, 1.807) is 0 Å². The van der Waals surface area contributed by atoms with Crippen LogP contribution in [-0.4, -0.2) is 4.40 Å². The van der Waals surface area contributed by atoms with E-state index in [9.17, 15) is 0 Å². The van der Waals surface area contributed by atoms with Gasteiger partial charge in [-0.2, -0.15) is 0 Å². The van der Waals surface area contributed by atoms with E-state index in [2.05, 4.69) is 94.5 Å². The van der Waals surface area contributed by atoms with Crippen LogP contribution in [0.4, 0.5) is 5.69 Å². The summed E-state index contributed by atoms with van der Waals surface area (Å²) in [4.78, 5) is 0. The maximum absolute atomic E-state index is 5.18. The van der Waals surface area contributed by atoms with Crippen LogP contribution in [-0.2, 0) is 23.3 Å². The molecule has 25 heavy (non-hydrogen) atoms. The third kappa shape index (κ3) is 4.91. The molecule has 2 aromatic carbocycles. The fourth-order valence-electron chi connectivity index (χ4n) is 2.99. The Balaban J connectivity index is 2.49. The number of hydrogen-bond acceptors (Lipinski definition) is 1. The third-order valence-electron chi connectivity index (χ3n) is 4.97. The zero-order valence-corrected chi connectivity index (χ0v) is 18.4. The van der Waals surface area contributed by atoms with Crippen LogP contribution >= 0.6 is 0 Å². The molecule has 0 amide bonds. The van der Waals surface area contributed by atoms with Crippen LogP contribution in [0.5, 0.6) is 0 Å². The summed E-state index contributed by atoms with van der Waals surface area (Å²) in [5, 5.41) is 0. The molecular formula is C23H31MoN. The molecule has 0 saturated heterocycles. The summed E-state index contributed by atoms with van der Waals surface area (Å²) < 4.78 is 7.69. The van der Waals surface area contributed by atoms with Crippen molar-refractivity contribution in [1.29, 1.82) is 0 Å². The molecule has 2 rings (SSSR count). The van der Waals surface area contributed by atoms with E-state index in [4.69, 9.17) is 3.50 Å². The Morgan fingerprint density at radius 1 is 0.920 bits per heavy atom. The van der Waals surface area contributed by atoms with Crippen molar-refractivity contribution >= 4 is 10.1 Å². The quantitative estimate of drug-likeness (QED) is 0.449. The molecule has 1 unspecified atom stereocenters. The third-order valence-corrected chi connectivity index (χ3v) is 7.21. The molecule has 0 spiro atoms. The van der Waals surface area contributed by atoms with Crippen LogP contribution in [0.25, 0.3) is 0 Å². The Hall–Kier alpha value is -1.20. The Bertz CT molecular complexity index is 729. The Kier molecular flexibility index (Phi) is 7.20. The van der Waals surface area contributed by atoms with Crippen LogP contribution in [0, 0.1) is 0 Å². The van der Waals surface area contributed by atoms with Gasteiger partial charge in [0.25, 0.3) is 0 Å². The van der Waals surface area contributed by atoms with Crippen LogP contribution in [0.2, 0.25) is 0 Å². The Morgan fingerprint density at radius 3 is 1.96 bits per heavy atom. The number of hydrogen-bond donors (Lipinski definition) is 0. The molecule has 0 aliphatic carbocycles. The van der Waals surface area contributed by atoms with Crippen LogP contribution in [0.1, 0.15) is 76.5 Å². The standard InChI is InChI=1S/C12H17N.C11H14.Mo/c1-8(2)10-6-5-7-11(9(3)4)12(10)13;1-4-11(2,3)10-8-6-5-7-9-10;/h5-9H,1-4H3;2,5-9H,4H2,1,3H3;. The topological polar surface area (TPSA) is 12.4 Å². The van der Waals surface area contributed by atoms with E-state index in [-0.39, 0.29) is 5.41 Å². The monoisotopic (exact) mass is 419 g/mol. The van der Waals surface area contributed by atoms with E-state index < -0.39 is 17.9 Å². The molecule has 2 aromatic rings. The number of benzene rings is 2. The second-order valence-electron chi connectivity index (χ2n) is 7.55. The first kappa shape index (κ1) is 20.1. The van der Waals surface area contributed by atoms with E-state index in [0.29, 0.717) is 11.8 Å². The van der Waals surface area contributed by atoms with Crippen LogP contribution in [0.15, 0.2) is 52.0 Å². The average Bonchev–Trinajstić information content (AvgIpc) is 2.62. The van der Waals surface area contributed by atoms with Crippen molar-refractivity contribution in [3.05, 3.63) is 65.2 Å². The summed E-state index contributed by atoms with van der Waals surface area (Å²) in [6.07, 6.45) is 1.11. The molecule has 1 nitrogen and oxygen atoms in total. The minimum atomic E-state index is -0.563. The van der Waals surface area contributed by atoms with Gasteiger partial charge < -0.3 is 0 Å². The molecule has 0 saturated carbocycles. The van der Waals surface area contributed by atoms with Gasteiger partial charge in [0.05, 0.1) is 0 Å². The minimum absolute atomic E-state index is 0.123. The predicted octanol–water partition coefficient (Wildman–Crippen LogP) is 7.00. The zero-order chi connectivity index (χ0) is 18.4. The van der Waals surface area contributed by atoms with Crippen molar-refractivity contribution in [3.63, 3.8) is 0 Å². The molecule has 1 atom stereocenters. The molecule has 0 heterocycles. The van der Waals surface area contributed by atoms with Gasteiger partial charge in [0.2, 0.25) is 0 Å². The van der Waals surface area contributed by atoms with E-state index in [1.165, 1.54) is 22.4 Å². The first-order valence-electron chi connectivity index (χ1n) is 9.28. The Morgan fingerprint density at radius 2 is 1.48 bits per heavy atom. The molecule has 0 fully saturated rings. The zero-order valence-electron chi connectivity index (χ0n) is 16.4. The molecule has 0 aromatic heterocycles. The van der Waals surface area contributed by atoms with Gasteiger partial charge in [0.15, 0.2) is 0 Å². The van der Waals surface area contributed by atoms with Crippen molar-refractivity contribution in [2.45, 2.75) is 65.2 Å². The fourth-order valence-corrected chi connectivity index (χ4v) is 5.21. The number of rotatable bonds is 6. The SMILES string of the molecule is CCC(C)([CH]=[Mo]=[N]c1c(C(C)C)cccc1C(C)C)c1ccccc1. The average molecular weight is 417 g/mol. The van der Waals surface area contributed by atoms with Gasteiger partial charge in [0, 0.05) is 0 Å². The molecule has 0 N–H and O–H groups in total. The molecule has 0 aliphatic heterocycles. The summed E-state index contributed by atoms with van der Waals surface area (Å²) in [7, 11) is 0. The molecular weight excluding hydrogens is 386 g/mol. The van der Waals surface area contributed by atoms with Crippen molar-refractivity contribution in [2.24, 2.45) is 3.50 Å². The van der Waals surface area contributed by atoms with Crippen molar-refractivity contribution in [3.8, 4) is 0 Å². The predicted molar refractivity (Wildman–Crippen MR) is 107 cm³/mol. The van der Waals surface area contributed by atoms with Crippen molar-refractivity contribution < 1.29 is 17.9 Å². The molecule has 2 heteroatoms. The van der Waals surface area contributed by atoms with Gasteiger partial charge in [-0.3, -0.25) is 0 Å².